The van der Waals surface area contributed by atoms with Crippen LogP contribution in [-0.4, -0.2) is 35.9 Å². The number of para-hydroxylation sites is 1. The number of likely N-dealkylation sites (tertiary alicyclic amines) is 1. The lowest BCUT2D eigenvalue weighted by molar-refractivity contribution is -0.135. The molecule has 1 saturated heterocycles. The lowest BCUT2D eigenvalue weighted by Crippen LogP contribution is -2.43. The molecule has 4 rings (SSSR count). The first-order chi connectivity index (χ1) is 14.6. The van der Waals surface area contributed by atoms with Crippen molar-refractivity contribution in [1.82, 2.24) is 4.90 Å². The highest BCUT2D eigenvalue weighted by molar-refractivity contribution is 7.21. The highest BCUT2D eigenvalue weighted by Crippen LogP contribution is 2.34. The molecule has 2 N–H and O–H groups in total. The van der Waals surface area contributed by atoms with Gasteiger partial charge in [-0.25, -0.2) is 0 Å². The van der Waals surface area contributed by atoms with Crippen LogP contribution in [0.3, 0.4) is 0 Å². The number of nitrogens with zero attached hydrogens (tertiary/aromatic N) is 1. The molecule has 0 aliphatic carbocycles. The lowest BCUT2D eigenvalue weighted by Gasteiger charge is -2.30. The van der Waals surface area contributed by atoms with Crippen LogP contribution in [0, 0.1) is 0 Å². The Morgan fingerprint density at radius 2 is 1.80 bits per heavy atom. The SMILES string of the molecule is NC(=O)c1sc2ccccc2c1CC1CCCCCN1C(=O)COc1ccccc1. The molecule has 30 heavy (non-hydrogen) atoms. The van der Waals surface area contributed by atoms with Gasteiger partial charge in [0.05, 0.1) is 4.88 Å². The first kappa shape index (κ1) is 20.4. The number of nitrogens with two attached hydrogens (primary N) is 1. The van der Waals surface area contributed by atoms with Crippen molar-refractivity contribution in [2.24, 2.45) is 5.73 Å². The summed E-state index contributed by atoms with van der Waals surface area (Å²) in [4.78, 5) is 27.7. The van der Waals surface area contributed by atoms with E-state index in [1.807, 2.05) is 59.5 Å². The third-order valence-electron chi connectivity index (χ3n) is 5.66. The van der Waals surface area contributed by atoms with Crippen molar-refractivity contribution in [2.75, 3.05) is 13.2 Å². The second-order valence-corrected chi connectivity index (χ2v) is 8.72. The zero-order chi connectivity index (χ0) is 20.9. The molecule has 156 valence electrons. The van der Waals surface area contributed by atoms with E-state index in [0.29, 0.717) is 17.0 Å². The van der Waals surface area contributed by atoms with E-state index in [1.54, 1.807) is 0 Å². The van der Waals surface area contributed by atoms with E-state index in [-0.39, 0.29) is 18.6 Å². The van der Waals surface area contributed by atoms with E-state index in [2.05, 4.69) is 0 Å². The Hall–Kier alpha value is -2.86. The molecule has 1 aromatic heterocycles. The van der Waals surface area contributed by atoms with Gasteiger partial charge >= 0.3 is 0 Å². The van der Waals surface area contributed by atoms with Crippen LogP contribution in [0.25, 0.3) is 10.1 Å². The second-order valence-electron chi connectivity index (χ2n) is 7.67. The first-order valence-corrected chi connectivity index (χ1v) is 11.2. The summed E-state index contributed by atoms with van der Waals surface area (Å²) in [5, 5.41) is 1.06. The Morgan fingerprint density at radius 3 is 2.60 bits per heavy atom. The summed E-state index contributed by atoms with van der Waals surface area (Å²) < 4.78 is 6.77. The van der Waals surface area contributed by atoms with Crippen LogP contribution in [-0.2, 0) is 11.2 Å². The molecular weight excluding hydrogens is 396 g/mol. The molecule has 0 spiro atoms. The van der Waals surface area contributed by atoms with Gasteiger partial charge in [0.25, 0.3) is 11.8 Å². The number of fused-ring (bicyclic) bond motifs is 1. The van der Waals surface area contributed by atoms with Gasteiger partial charge in [-0.15, -0.1) is 11.3 Å². The zero-order valence-electron chi connectivity index (χ0n) is 16.9. The number of rotatable bonds is 6. The minimum absolute atomic E-state index is 0.00841. The van der Waals surface area contributed by atoms with Gasteiger partial charge in [0.2, 0.25) is 0 Å². The number of thiophene rings is 1. The number of hydrogen-bond acceptors (Lipinski definition) is 4. The number of carbonyl (C=O) groups is 2. The highest BCUT2D eigenvalue weighted by atomic mass is 32.1. The monoisotopic (exact) mass is 422 g/mol. The highest BCUT2D eigenvalue weighted by Gasteiger charge is 2.28. The third kappa shape index (κ3) is 4.49. The Morgan fingerprint density at radius 1 is 1.03 bits per heavy atom. The van der Waals surface area contributed by atoms with E-state index in [9.17, 15) is 9.59 Å². The van der Waals surface area contributed by atoms with Crippen LogP contribution in [0.5, 0.6) is 5.75 Å². The predicted molar refractivity (Wildman–Crippen MR) is 120 cm³/mol. The fourth-order valence-corrected chi connectivity index (χ4v) is 5.28. The van der Waals surface area contributed by atoms with Crippen molar-refractivity contribution in [2.45, 2.75) is 38.1 Å². The molecule has 0 bridgehead atoms. The van der Waals surface area contributed by atoms with Crippen LogP contribution < -0.4 is 10.5 Å². The summed E-state index contributed by atoms with van der Waals surface area (Å²) in [6, 6.07) is 17.4. The fourth-order valence-electron chi connectivity index (χ4n) is 4.20. The van der Waals surface area contributed by atoms with Crippen molar-refractivity contribution in [3.05, 3.63) is 65.0 Å². The van der Waals surface area contributed by atoms with Gasteiger partial charge in [-0.2, -0.15) is 0 Å². The molecule has 2 amide bonds. The summed E-state index contributed by atoms with van der Waals surface area (Å²) in [7, 11) is 0. The second kappa shape index (κ2) is 9.30. The molecule has 1 unspecified atom stereocenters. The fraction of sp³-hybridized carbons (Fsp3) is 0.333. The molecule has 2 aromatic carbocycles. The number of benzene rings is 2. The van der Waals surface area contributed by atoms with Gasteiger partial charge in [0, 0.05) is 17.3 Å². The maximum absolute atomic E-state index is 13.1. The minimum atomic E-state index is -0.398. The maximum Gasteiger partial charge on any atom is 0.260 e. The number of amides is 2. The van der Waals surface area contributed by atoms with Crippen LogP contribution >= 0.6 is 11.3 Å². The molecule has 1 atom stereocenters. The van der Waals surface area contributed by atoms with Crippen LogP contribution in [0.4, 0.5) is 0 Å². The molecule has 5 nitrogen and oxygen atoms in total. The normalized spacial score (nSPS) is 16.9. The number of carbonyl (C=O) groups excluding carboxylic acids is 2. The molecule has 0 saturated carbocycles. The van der Waals surface area contributed by atoms with E-state index in [1.165, 1.54) is 11.3 Å². The van der Waals surface area contributed by atoms with Gasteiger partial charge < -0.3 is 15.4 Å². The first-order valence-electron chi connectivity index (χ1n) is 10.4. The van der Waals surface area contributed by atoms with Gasteiger partial charge in [0.1, 0.15) is 5.75 Å². The van der Waals surface area contributed by atoms with Gasteiger partial charge in [0.15, 0.2) is 6.61 Å². The molecule has 1 fully saturated rings. The van der Waals surface area contributed by atoms with E-state index in [4.69, 9.17) is 10.5 Å². The summed E-state index contributed by atoms with van der Waals surface area (Å²) in [5.74, 6) is 0.285. The largest absolute Gasteiger partial charge is 0.484 e. The maximum atomic E-state index is 13.1. The van der Waals surface area contributed by atoms with Crippen molar-refractivity contribution < 1.29 is 14.3 Å². The number of ether oxygens (including phenoxy) is 1. The van der Waals surface area contributed by atoms with Crippen molar-refractivity contribution in [3.63, 3.8) is 0 Å². The molecular formula is C24H26N2O3S. The standard InChI is InChI=1S/C24H26N2O3S/c25-24(28)23-20(19-12-6-7-13-21(19)30-23)15-17-9-3-2-8-14-26(17)22(27)16-29-18-10-4-1-5-11-18/h1,4-7,10-13,17H,2-3,8-9,14-16H2,(H2,25,28). The number of hydrogen-bond donors (Lipinski definition) is 1. The summed E-state index contributed by atoms with van der Waals surface area (Å²) >= 11 is 1.44. The van der Waals surface area contributed by atoms with Crippen LogP contribution in [0.15, 0.2) is 54.6 Å². The summed E-state index contributed by atoms with van der Waals surface area (Å²) in [5.41, 5.74) is 6.66. The Labute approximate surface area is 180 Å². The Balaban J connectivity index is 1.56. The molecule has 2 heterocycles. The van der Waals surface area contributed by atoms with Crippen LogP contribution in [0.1, 0.15) is 40.9 Å². The zero-order valence-corrected chi connectivity index (χ0v) is 17.7. The van der Waals surface area contributed by atoms with Gasteiger partial charge in [-0.3, -0.25) is 9.59 Å². The quantitative estimate of drug-likeness (QED) is 0.640. The van der Waals surface area contributed by atoms with E-state index >= 15 is 0 Å². The number of primary amides is 1. The molecule has 3 aromatic rings. The molecule has 0 radical (unpaired) electrons. The Bertz CT molecular complexity index is 1030. The van der Waals surface area contributed by atoms with Crippen molar-refractivity contribution in [3.8, 4) is 5.75 Å². The molecule has 6 heteroatoms. The van der Waals surface area contributed by atoms with Gasteiger partial charge in [-0.05, 0) is 48.4 Å². The van der Waals surface area contributed by atoms with Gasteiger partial charge in [-0.1, -0.05) is 49.2 Å². The third-order valence-corrected chi connectivity index (χ3v) is 6.89. The van der Waals surface area contributed by atoms with E-state index in [0.717, 1.165) is 47.9 Å². The smallest absolute Gasteiger partial charge is 0.260 e. The summed E-state index contributed by atoms with van der Waals surface area (Å²) in [6.07, 6.45) is 4.72. The average molecular weight is 423 g/mol. The summed E-state index contributed by atoms with van der Waals surface area (Å²) in [6.45, 7) is 0.739. The van der Waals surface area contributed by atoms with Crippen molar-refractivity contribution in [1.29, 1.82) is 0 Å². The molecule has 1 aliphatic heterocycles. The van der Waals surface area contributed by atoms with E-state index < -0.39 is 5.91 Å². The van der Waals surface area contributed by atoms with Crippen molar-refractivity contribution >= 4 is 33.2 Å². The van der Waals surface area contributed by atoms with Crippen LogP contribution in [0.2, 0.25) is 0 Å². The Kier molecular flexibility index (Phi) is 6.33. The average Bonchev–Trinajstić information content (AvgIpc) is 2.96. The topological polar surface area (TPSA) is 72.6 Å². The predicted octanol–water partition coefficient (Wildman–Crippen LogP) is 4.39. The minimum Gasteiger partial charge on any atom is -0.484 e. The lowest BCUT2D eigenvalue weighted by atomic mass is 9.98. The molecule has 1 aliphatic rings.